The van der Waals surface area contributed by atoms with Gasteiger partial charge in [0.25, 0.3) is 5.91 Å². The fourth-order valence-corrected chi connectivity index (χ4v) is 4.60. The highest BCUT2D eigenvalue weighted by Crippen LogP contribution is 2.34. The van der Waals surface area contributed by atoms with Crippen LogP contribution in [0.25, 0.3) is 0 Å². The van der Waals surface area contributed by atoms with Crippen LogP contribution in [0, 0.1) is 11.8 Å². The predicted molar refractivity (Wildman–Crippen MR) is 111 cm³/mol. The molecule has 154 valence electrons. The molecule has 8 nitrogen and oxygen atoms in total. The number of nitrogens with one attached hydrogen (secondary N) is 1. The number of carbonyl (C=O) groups excluding carboxylic acids is 1. The lowest BCUT2D eigenvalue weighted by Crippen LogP contribution is -2.31. The van der Waals surface area contributed by atoms with E-state index in [2.05, 4.69) is 31.5 Å². The normalized spacial score (nSPS) is 20.4. The van der Waals surface area contributed by atoms with Crippen LogP contribution < -0.4 is 10.1 Å². The Morgan fingerprint density at radius 1 is 1.10 bits per heavy atom. The second-order valence-electron chi connectivity index (χ2n) is 7.96. The summed E-state index contributed by atoms with van der Waals surface area (Å²) in [5.74, 6) is 2.75. The molecule has 5 rings (SSSR count). The molecule has 2 aliphatic heterocycles. The summed E-state index contributed by atoms with van der Waals surface area (Å²) >= 11 is 0. The largest absolute Gasteiger partial charge is 0.481 e. The molecule has 2 atom stereocenters. The highest BCUT2D eigenvalue weighted by molar-refractivity contribution is 6.01. The molecule has 1 N–H and O–H groups in total. The number of carbonyl (C=O) groups is 1. The quantitative estimate of drug-likeness (QED) is 0.702. The average Bonchev–Trinajstić information content (AvgIpc) is 3.35. The van der Waals surface area contributed by atoms with Crippen molar-refractivity contribution in [1.82, 2.24) is 24.6 Å². The number of aromatic nitrogens is 4. The number of likely N-dealkylation sites (tertiary alicyclic amines) is 1. The number of para-hydroxylation sites is 1. The molecular weight excluding hydrogens is 380 g/mol. The molecule has 2 aromatic heterocycles. The van der Waals surface area contributed by atoms with Crippen molar-refractivity contribution in [3.05, 3.63) is 65.9 Å². The summed E-state index contributed by atoms with van der Waals surface area (Å²) in [5.41, 5.74) is 1.85. The Morgan fingerprint density at radius 2 is 1.93 bits per heavy atom. The van der Waals surface area contributed by atoms with Gasteiger partial charge in [0.1, 0.15) is 5.82 Å². The summed E-state index contributed by atoms with van der Waals surface area (Å²) in [5, 5.41) is 11.4. The maximum Gasteiger partial charge on any atom is 0.293 e. The number of methoxy groups -OCH3 is 1. The van der Waals surface area contributed by atoms with Gasteiger partial charge in [-0.1, -0.05) is 24.3 Å². The van der Waals surface area contributed by atoms with Gasteiger partial charge in [0.15, 0.2) is 0 Å². The van der Waals surface area contributed by atoms with Gasteiger partial charge in [-0.25, -0.2) is 4.98 Å². The average molecular weight is 404 g/mol. The smallest absolute Gasteiger partial charge is 0.293 e. The highest BCUT2D eigenvalue weighted by atomic mass is 16.5. The van der Waals surface area contributed by atoms with E-state index in [1.54, 1.807) is 13.3 Å². The van der Waals surface area contributed by atoms with E-state index in [0.29, 0.717) is 23.5 Å². The second kappa shape index (κ2) is 7.87. The lowest BCUT2D eigenvalue weighted by molar-refractivity contribution is 0.100. The summed E-state index contributed by atoms with van der Waals surface area (Å²) in [7, 11) is 1.66. The van der Waals surface area contributed by atoms with Crippen molar-refractivity contribution >= 4 is 11.6 Å². The van der Waals surface area contributed by atoms with Crippen LogP contribution in [0.1, 0.15) is 22.0 Å². The van der Waals surface area contributed by atoms with Crippen molar-refractivity contribution in [2.45, 2.75) is 19.5 Å². The Hall–Kier alpha value is -3.26. The van der Waals surface area contributed by atoms with Crippen molar-refractivity contribution in [1.29, 1.82) is 0 Å². The number of hydrogen-bond acceptors (Lipinski definition) is 6. The number of anilines is 1. The molecule has 1 aromatic carbocycles. The molecule has 0 bridgehead atoms. The first-order valence-corrected chi connectivity index (χ1v) is 10.2. The SMILES string of the molecule is COc1ncccc1CN1C[C@@H]2Cn3c(nnc3C(=O)Nc3ccccc3)C[C@H]2C1. The van der Waals surface area contributed by atoms with Gasteiger partial charge < -0.3 is 14.6 Å². The summed E-state index contributed by atoms with van der Waals surface area (Å²) in [6, 6.07) is 13.4. The maximum absolute atomic E-state index is 12.7. The molecule has 30 heavy (non-hydrogen) atoms. The zero-order chi connectivity index (χ0) is 20.5. The summed E-state index contributed by atoms with van der Waals surface area (Å²) in [4.78, 5) is 19.5. The number of rotatable bonds is 5. The third-order valence-corrected chi connectivity index (χ3v) is 6.01. The van der Waals surface area contributed by atoms with E-state index in [9.17, 15) is 4.79 Å². The van der Waals surface area contributed by atoms with E-state index < -0.39 is 0 Å². The van der Waals surface area contributed by atoms with E-state index >= 15 is 0 Å². The molecule has 0 saturated carbocycles. The number of benzene rings is 1. The van der Waals surface area contributed by atoms with Gasteiger partial charge in [-0.15, -0.1) is 10.2 Å². The van der Waals surface area contributed by atoms with Crippen molar-refractivity contribution in [3.8, 4) is 5.88 Å². The summed E-state index contributed by atoms with van der Waals surface area (Å²) in [6.45, 7) is 3.55. The molecule has 0 radical (unpaired) electrons. The standard InChI is InChI=1S/C22H24N6O2/c1-30-22-15(6-5-9-23-22)11-27-12-16-10-19-25-26-20(28(19)14-17(16)13-27)21(29)24-18-7-3-2-4-8-18/h2-9,16-17H,10-14H2,1H3,(H,24,29)/t16-,17+/m0/s1. The molecule has 8 heteroatoms. The Kier molecular flexibility index (Phi) is 4.92. The van der Waals surface area contributed by atoms with Crippen LogP contribution in [0.15, 0.2) is 48.7 Å². The van der Waals surface area contributed by atoms with Crippen LogP contribution in [-0.4, -0.2) is 50.8 Å². The third-order valence-electron chi connectivity index (χ3n) is 6.01. The lowest BCUT2D eigenvalue weighted by Gasteiger charge is -2.25. The fourth-order valence-electron chi connectivity index (χ4n) is 4.60. The Labute approximate surface area is 174 Å². The minimum absolute atomic E-state index is 0.214. The molecule has 0 unspecified atom stereocenters. The number of amides is 1. The molecule has 1 amide bonds. The third kappa shape index (κ3) is 3.54. The van der Waals surface area contributed by atoms with Gasteiger partial charge in [-0.05, 0) is 30.0 Å². The lowest BCUT2D eigenvalue weighted by atomic mass is 9.89. The van der Waals surface area contributed by atoms with Crippen molar-refractivity contribution < 1.29 is 9.53 Å². The molecule has 0 aliphatic carbocycles. The minimum Gasteiger partial charge on any atom is -0.481 e. The Morgan fingerprint density at radius 3 is 2.77 bits per heavy atom. The zero-order valence-electron chi connectivity index (χ0n) is 16.9. The van der Waals surface area contributed by atoms with Crippen LogP contribution in [0.3, 0.4) is 0 Å². The number of ether oxygens (including phenoxy) is 1. The van der Waals surface area contributed by atoms with Gasteiger partial charge in [0.05, 0.1) is 7.11 Å². The van der Waals surface area contributed by atoms with Crippen molar-refractivity contribution in [3.63, 3.8) is 0 Å². The number of nitrogens with zero attached hydrogens (tertiary/aromatic N) is 5. The minimum atomic E-state index is -0.214. The van der Waals surface area contributed by atoms with Gasteiger partial charge in [-0.2, -0.15) is 0 Å². The summed E-state index contributed by atoms with van der Waals surface area (Å²) in [6.07, 6.45) is 2.59. The molecule has 2 aliphatic rings. The van der Waals surface area contributed by atoms with Gasteiger partial charge in [0, 0.05) is 50.0 Å². The molecule has 0 spiro atoms. The van der Waals surface area contributed by atoms with Crippen LogP contribution >= 0.6 is 0 Å². The van der Waals surface area contributed by atoms with Gasteiger partial charge in [-0.3, -0.25) is 9.69 Å². The Balaban J connectivity index is 1.28. The van der Waals surface area contributed by atoms with E-state index in [0.717, 1.165) is 49.7 Å². The first-order chi connectivity index (χ1) is 14.7. The van der Waals surface area contributed by atoms with Crippen LogP contribution in [0.4, 0.5) is 5.69 Å². The molecule has 1 saturated heterocycles. The van der Waals surface area contributed by atoms with E-state index in [1.807, 2.05) is 41.0 Å². The fraction of sp³-hybridized carbons (Fsp3) is 0.364. The van der Waals surface area contributed by atoms with E-state index in [-0.39, 0.29) is 5.91 Å². The molecule has 3 aromatic rings. The van der Waals surface area contributed by atoms with Crippen LogP contribution in [0.5, 0.6) is 5.88 Å². The molecule has 1 fully saturated rings. The van der Waals surface area contributed by atoms with Crippen molar-refractivity contribution in [2.75, 3.05) is 25.5 Å². The van der Waals surface area contributed by atoms with Crippen molar-refractivity contribution in [2.24, 2.45) is 11.8 Å². The molecule has 4 heterocycles. The highest BCUT2D eigenvalue weighted by Gasteiger charge is 2.39. The van der Waals surface area contributed by atoms with Gasteiger partial charge in [0.2, 0.25) is 11.7 Å². The predicted octanol–water partition coefficient (Wildman–Crippen LogP) is 2.24. The van der Waals surface area contributed by atoms with E-state index in [1.165, 1.54) is 0 Å². The second-order valence-corrected chi connectivity index (χ2v) is 7.96. The van der Waals surface area contributed by atoms with Crippen LogP contribution in [0.2, 0.25) is 0 Å². The van der Waals surface area contributed by atoms with E-state index in [4.69, 9.17) is 4.74 Å². The zero-order valence-corrected chi connectivity index (χ0v) is 16.9. The molecular formula is C22H24N6O2. The number of hydrogen-bond donors (Lipinski definition) is 1. The van der Waals surface area contributed by atoms with Crippen LogP contribution in [-0.2, 0) is 19.5 Å². The topological polar surface area (TPSA) is 85.2 Å². The number of pyridine rings is 1. The maximum atomic E-state index is 12.7. The first-order valence-electron chi connectivity index (χ1n) is 10.2. The van der Waals surface area contributed by atoms with Gasteiger partial charge >= 0.3 is 0 Å². The Bertz CT molecular complexity index is 1050. The number of fused-ring (bicyclic) bond motifs is 2. The monoisotopic (exact) mass is 404 g/mol. The first kappa shape index (κ1) is 18.7. The summed E-state index contributed by atoms with van der Waals surface area (Å²) < 4.78 is 7.39.